The van der Waals surface area contributed by atoms with Crippen LogP contribution in [0.25, 0.3) is 0 Å². The third-order valence-electron chi connectivity index (χ3n) is 3.97. The summed E-state index contributed by atoms with van der Waals surface area (Å²) in [6.07, 6.45) is 0.151. The summed E-state index contributed by atoms with van der Waals surface area (Å²) < 4.78 is 28.5. The van der Waals surface area contributed by atoms with E-state index in [9.17, 15) is 13.9 Å². The van der Waals surface area contributed by atoms with Crippen LogP contribution in [0.2, 0.25) is 0 Å². The monoisotopic (exact) mass is 298 g/mol. The van der Waals surface area contributed by atoms with Gasteiger partial charge in [-0.3, -0.25) is 0 Å². The largest absolute Gasteiger partial charge is 0.393 e. The maximum atomic E-state index is 14.3. The molecule has 118 valence electrons. The second-order valence-electron chi connectivity index (χ2n) is 6.22. The highest BCUT2D eigenvalue weighted by molar-refractivity contribution is 5.51. The highest BCUT2D eigenvalue weighted by Gasteiger charge is 2.27. The number of rotatable bonds is 4. The quantitative estimate of drug-likeness (QED) is 0.897. The predicted molar refractivity (Wildman–Crippen MR) is 80.3 cm³/mol. The van der Waals surface area contributed by atoms with E-state index in [2.05, 4.69) is 5.32 Å². The summed E-state index contributed by atoms with van der Waals surface area (Å²) in [5.41, 5.74) is 0.634. The zero-order valence-corrected chi connectivity index (χ0v) is 12.9. The van der Waals surface area contributed by atoms with E-state index in [1.165, 1.54) is 12.1 Å². The van der Waals surface area contributed by atoms with Crippen molar-refractivity contribution in [2.45, 2.75) is 45.9 Å². The Hall–Kier alpha value is -1.20. The minimum absolute atomic E-state index is 0.0137. The molecule has 0 saturated carbocycles. The number of aliphatic hydroxyl groups excluding tert-OH is 1. The van der Waals surface area contributed by atoms with Gasteiger partial charge in [0.1, 0.15) is 17.3 Å². The van der Waals surface area contributed by atoms with Crippen LogP contribution in [0.4, 0.5) is 14.5 Å². The van der Waals surface area contributed by atoms with Crippen molar-refractivity contribution in [1.29, 1.82) is 0 Å². The lowest BCUT2D eigenvalue weighted by molar-refractivity contribution is 0.0966. The lowest BCUT2D eigenvalue weighted by Gasteiger charge is -2.36. The molecule has 1 aliphatic heterocycles. The molecule has 21 heavy (non-hydrogen) atoms. The molecular weight excluding hydrogens is 274 g/mol. The van der Waals surface area contributed by atoms with Crippen LogP contribution >= 0.6 is 0 Å². The van der Waals surface area contributed by atoms with Gasteiger partial charge in [-0.15, -0.1) is 0 Å². The zero-order valence-electron chi connectivity index (χ0n) is 12.9. The number of halogens is 2. The van der Waals surface area contributed by atoms with Crippen LogP contribution in [0.5, 0.6) is 0 Å². The summed E-state index contributed by atoms with van der Waals surface area (Å²) in [5.74, 6) is -1.04. The molecule has 0 spiro atoms. The van der Waals surface area contributed by atoms with Crippen LogP contribution < -0.4 is 10.2 Å². The molecule has 1 aromatic carbocycles. The van der Waals surface area contributed by atoms with Gasteiger partial charge in [0.25, 0.3) is 0 Å². The highest BCUT2D eigenvalue weighted by atomic mass is 19.1. The average Bonchev–Trinajstić information content (AvgIpc) is 2.39. The number of nitrogens with zero attached hydrogens (tertiary/aromatic N) is 1. The fourth-order valence-electron chi connectivity index (χ4n) is 2.68. The van der Waals surface area contributed by atoms with Gasteiger partial charge in [-0.25, -0.2) is 8.78 Å². The Morgan fingerprint density at radius 3 is 2.48 bits per heavy atom. The van der Waals surface area contributed by atoms with E-state index < -0.39 is 11.6 Å². The Morgan fingerprint density at radius 1 is 1.33 bits per heavy atom. The van der Waals surface area contributed by atoms with Gasteiger partial charge < -0.3 is 15.3 Å². The van der Waals surface area contributed by atoms with E-state index in [4.69, 9.17) is 0 Å². The Kier molecular flexibility index (Phi) is 5.17. The van der Waals surface area contributed by atoms with Crippen LogP contribution in [0, 0.1) is 17.6 Å². The van der Waals surface area contributed by atoms with Gasteiger partial charge in [-0.2, -0.15) is 0 Å². The van der Waals surface area contributed by atoms with Gasteiger partial charge in [0, 0.05) is 25.7 Å². The predicted octanol–water partition coefficient (Wildman–Crippen LogP) is 2.67. The fourth-order valence-corrected chi connectivity index (χ4v) is 2.68. The molecule has 2 unspecified atom stereocenters. The van der Waals surface area contributed by atoms with Crippen LogP contribution in [-0.4, -0.2) is 30.3 Å². The first-order valence-electron chi connectivity index (χ1n) is 7.52. The smallest absolute Gasteiger partial charge is 0.149 e. The summed E-state index contributed by atoms with van der Waals surface area (Å²) in [6.45, 7) is 7.26. The molecule has 0 amide bonds. The summed E-state index contributed by atoms with van der Waals surface area (Å²) in [7, 11) is 0. The number of hydrogen-bond acceptors (Lipinski definition) is 3. The second kappa shape index (κ2) is 6.71. The summed E-state index contributed by atoms with van der Waals surface area (Å²) in [5, 5.41) is 12.9. The average molecular weight is 298 g/mol. The molecule has 0 radical (unpaired) electrons. The van der Waals surface area contributed by atoms with Crippen molar-refractivity contribution >= 4 is 5.69 Å². The van der Waals surface area contributed by atoms with Gasteiger partial charge in [0.05, 0.1) is 6.10 Å². The van der Waals surface area contributed by atoms with Crippen molar-refractivity contribution in [2.75, 3.05) is 18.0 Å². The Morgan fingerprint density at radius 2 is 1.95 bits per heavy atom. The zero-order chi connectivity index (χ0) is 15.6. The number of aliphatic hydroxyl groups is 1. The first kappa shape index (κ1) is 16.2. The molecule has 2 N–H and O–H groups in total. The fraction of sp³-hybridized carbons (Fsp3) is 0.625. The van der Waals surface area contributed by atoms with Crippen molar-refractivity contribution in [3.63, 3.8) is 0 Å². The van der Waals surface area contributed by atoms with Gasteiger partial charge in [0.2, 0.25) is 0 Å². The molecule has 0 aliphatic carbocycles. The highest BCUT2D eigenvalue weighted by Crippen LogP contribution is 2.29. The molecule has 1 aromatic rings. The molecule has 1 aliphatic rings. The molecule has 0 bridgehead atoms. The molecule has 5 heteroatoms. The maximum Gasteiger partial charge on any atom is 0.149 e. The summed E-state index contributed by atoms with van der Waals surface area (Å²) in [4.78, 5) is 1.70. The number of benzene rings is 1. The number of nitrogens with one attached hydrogen (secondary N) is 1. The molecule has 2 rings (SSSR count). The molecule has 1 heterocycles. The van der Waals surface area contributed by atoms with Crippen LogP contribution in [-0.2, 0) is 6.54 Å². The van der Waals surface area contributed by atoms with Gasteiger partial charge >= 0.3 is 0 Å². The maximum absolute atomic E-state index is 14.3. The molecule has 0 aromatic heterocycles. The topological polar surface area (TPSA) is 35.5 Å². The molecular formula is C16H24F2N2O. The number of piperidine rings is 1. The third-order valence-corrected chi connectivity index (χ3v) is 3.97. The van der Waals surface area contributed by atoms with Gasteiger partial charge in [-0.05, 0) is 30.0 Å². The molecule has 1 fully saturated rings. The van der Waals surface area contributed by atoms with Crippen LogP contribution in [0.3, 0.4) is 0 Å². The van der Waals surface area contributed by atoms with Gasteiger partial charge in [0.15, 0.2) is 0 Å². The number of hydrogen-bond donors (Lipinski definition) is 2. The lowest BCUT2D eigenvalue weighted by atomic mass is 9.96. The normalized spacial score (nSPS) is 22.9. The van der Waals surface area contributed by atoms with Crippen molar-refractivity contribution in [2.24, 2.45) is 5.92 Å². The Labute approximate surface area is 125 Å². The van der Waals surface area contributed by atoms with E-state index in [0.717, 1.165) is 0 Å². The molecule has 3 nitrogen and oxygen atoms in total. The minimum atomic E-state index is -0.529. The standard InChI is InChI=1S/C16H24F2N2O/c1-10(2)19-8-12-6-13(17)16(14(18)7-12)20-5-4-15(21)11(3)9-20/h6-7,10-11,15,19,21H,4-5,8-9H2,1-3H3. The second-order valence-corrected chi connectivity index (χ2v) is 6.22. The van der Waals surface area contributed by atoms with E-state index in [0.29, 0.717) is 31.6 Å². The van der Waals surface area contributed by atoms with Crippen molar-refractivity contribution < 1.29 is 13.9 Å². The Balaban J connectivity index is 2.17. The first-order chi connectivity index (χ1) is 9.88. The Bertz CT molecular complexity index is 470. The van der Waals surface area contributed by atoms with Crippen molar-refractivity contribution in [3.8, 4) is 0 Å². The van der Waals surface area contributed by atoms with Crippen LogP contribution in [0.1, 0.15) is 32.8 Å². The lowest BCUT2D eigenvalue weighted by Crippen LogP contribution is -2.42. The SMILES string of the molecule is CC(C)NCc1cc(F)c(N2CCC(O)C(C)C2)c(F)c1. The summed E-state index contributed by atoms with van der Waals surface area (Å²) in [6, 6.07) is 3.05. The third kappa shape index (κ3) is 3.92. The van der Waals surface area contributed by atoms with Crippen LogP contribution in [0.15, 0.2) is 12.1 Å². The van der Waals surface area contributed by atoms with Crippen molar-refractivity contribution in [1.82, 2.24) is 5.32 Å². The van der Waals surface area contributed by atoms with E-state index in [1.807, 2.05) is 20.8 Å². The van der Waals surface area contributed by atoms with E-state index in [1.54, 1.807) is 4.90 Å². The van der Waals surface area contributed by atoms with Gasteiger partial charge in [-0.1, -0.05) is 20.8 Å². The van der Waals surface area contributed by atoms with E-state index >= 15 is 0 Å². The first-order valence-corrected chi connectivity index (χ1v) is 7.52. The summed E-state index contributed by atoms with van der Waals surface area (Å²) >= 11 is 0. The number of anilines is 1. The van der Waals surface area contributed by atoms with Crippen molar-refractivity contribution in [3.05, 3.63) is 29.3 Å². The minimum Gasteiger partial charge on any atom is -0.393 e. The molecule has 2 atom stereocenters. The molecule has 1 saturated heterocycles. The van der Waals surface area contributed by atoms with E-state index in [-0.39, 0.29) is 23.8 Å².